The maximum absolute atomic E-state index is 6.76. The molecule has 4 heteroatoms. The highest BCUT2D eigenvalue weighted by Gasteiger charge is 2.36. The van der Waals surface area contributed by atoms with E-state index in [4.69, 9.17) is 9.47 Å². The summed E-state index contributed by atoms with van der Waals surface area (Å²) in [6.45, 7) is 13.1. The molecule has 1 N–H and O–H groups in total. The summed E-state index contributed by atoms with van der Waals surface area (Å²) in [6, 6.07) is 15.5. The van der Waals surface area contributed by atoms with E-state index in [2.05, 4.69) is 80.4 Å². The maximum Gasteiger partial charge on any atom is 0.126 e. The molecule has 186 valence electrons. The summed E-state index contributed by atoms with van der Waals surface area (Å²) in [4.78, 5) is 2.68. The molecule has 0 aliphatic carbocycles. The molecule has 0 bridgehead atoms. The van der Waals surface area contributed by atoms with Gasteiger partial charge in [-0.25, -0.2) is 0 Å². The van der Waals surface area contributed by atoms with Crippen LogP contribution in [0, 0.1) is 12.8 Å². The lowest BCUT2D eigenvalue weighted by atomic mass is 9.82. The van der Waals surface area contributed by atoms with E-state index in [0.29, 0.717) is 11.8 Å². The van der Waals surface area contributed by atoms with E-state index in [9.17, 15) is 0 Å². The van der Waals surface area contributed by atoms with E-state index in [1.54, 1.807) is 0 Å². The number of likely N-dealkylation sites (N-methyl/N-ethyl adjacent to an activating group) is 1. The minimum Gasteiger partial charge on any atom is -0.490 e. The molecule has 1 fully saturated rings. The lowest BCUT2D eigenvalue weighted by molar-refractivity contribution is -0.0674. The highest BCUT2D eigenvalue weighted by molar-refractivity contribution is 5.48. The predicted octanol–water partition coefficient (Wildman–Crippen LogP) is 5.89. The average Bonchev–Trinajstić information content (AvgIpc) is 2.85. The number of rotatable bonds is 9. The minimum absolute atomic E-state index is 0.0921. The minimum atomic E-state index is 0.0921. The normalized spacial score (nSPS) is 22.5. The first-order valence-electron chi connectivity index (χ1n) is 13.4. The van der Waals surface area contributed by atoms with Gasteiger partial charge in [-0.2, -0.15) is 0 Å². The van der Waals surface area contributed by atoms with Gasteiger partial charge in [0.05, 0.1) is 18.3 Å². The largest absolute Gasteiger partial charge is 0.490 e. The van der Waals surface area contributed by atoms with E-state index in [1.807, 2.05) is 7.05 Å². The molecule has 0 spiro atoms. The fourth-order valence-corrected chi connectivity index (χ4v) is 5.84. The number of fused-ring (bicyclic) bond motifs is 1. The first-order valence-corrected chi connectivity index (χ1v) is 13.4. The third kappa shape index (κ3) is 5.84. The quantitative estimate of drug-likeness (QED) is 0.502. The van der Waals surface area contributed by atoms with Crippen LogP contribution in [0.15, 0.2) is 42.5 Å². The number of benzene rings is 2. The molecule has 2 aliphatic rings. The van der Waals surface area contributed by atoms with Crippen molar-refractivity contribution < 1.29 is 9.47 Å². The van der Waals surface area contributed by atoms with E-state index in [-0.39, 0.29) is 18.3 Å². The van der Waals surface area contributed by atoms with Crippen molar-refractivity contribution in [2.45, 2.75) is 77.6 Å². The van der Waals surface area contributed by atoms with E-state index < -0.39 is 0 Å². The van der Waals surface area contributed by atoms with Gasteiger partial charge in [-0.3, -0.25) is 0 Å². The van der Waals surface area contributed by atoms with Crippen molar-refractivity contribution in [2.75, 3.05) is 33.2 Å². The average molecular weight is 465 g/mol. The van der Waals surface area contributed by atoms with Gasteiger partial charge in [-0.05, 0) is 88.7 Å². The lowest BCUT2D eigenvalue weighted by Crippen LogP contribution is -2.43. The molecular formula is C30H44N2O2. The van der Waals surface area contributed by atoms with Gasteiger partial charge in [0.1, 0.15) is 5.75 Å². The Kier molecular flexibility index (Phi) is 8.68. The zero-order chi connectivity index (χ0) is 24.1. The molecule has 2 aromatic carbocycles. The summed E-state index contributed by atoms with van der Waals surface area (Å²) in [5, 5.41) is 3.35. The molecule has 2 aliphatic heterocycles. The lowest BCUT2D eigenvalue weighted by Gasteiger charge is -2.41. The highest BCUT2D eigenvalue weighted by atomic mass is 16.5. The number of aryl methyl sites for hydroxylation is 1. The van der Waals surface area contributed by atoms with Crippen molar-refractivity contribution >= 4 is 0 Å². The highest BCUT2D eigenvalue weighted by Crippen LogP contribution is 2.41. The molecule has 0 radical (unpaired) electrons. The second kappa shape index (κ2) is 11.7. The maximum atomic E-state index is 6.76. The molecule has 3 atom stereocenters. The Morgan fingerprint density at radius 2 is 1.82 bits per heavy atom. The second-order valence-corrected chi connectivity index (χ2v) is 10.5. The van der Waals surface area contributed by atoms with Gasteiger partial charge in [-0.15, -0.1) is 0 Å². The fourth-order valence-electron chi connectivity index (χ4n) is 5.84. The number of piperidine rings is 1. The molecule has 34 heavy (non-hydrogen) atoms. The molecule has 0 aromatic heterocycles. The molecule has 1 saturated heterocycles. The van der Waals surface area contributed by atoms with Crippen LogP contribution in [-0.2, 0) is 11.2 Å². The number of likely N-dealkylation sites (tertiary alicyclic amines) is 1. The predicted molar refractivity (Wildman–Crippen MR) is 141 cm³/mol. The van der Waals surface area contributed by atoms with Gasteiger partial charge in [-0.1, -0.05) is 49.4 Å². The molecule has 0 amide bonds. The summed E-state index contributed by atoms with van der Waals surface area (Å²) in [5.74, 6) is 2.32. The van der Waals surface area contributed by atoms with Crippen LogP contribution in [0.25, 0.3) is 0 Å². The van der Waals surface area contributed by atoms with E-state index in [1.165, 1.54) is 54.6 Å². The van der Waals surface area contributed by atoms with Gasteiger partial charge in [0.2, 0.25) is 0 Å². The first kappa shape index (κ1) is 25.2. The van der Waals surface area contributed by atoms with Crippen LogP contribution in [0.1, 0.15) is 74.3 Å². The Hall–Kier alpha value is -1.88. The number of ether oxygens (including phenoxy) is 2. The van der Waals surface area contributed by atoms with E-state index in [0.717, 1.165) is 25.3 Å². The molecule has 2 heterocycles. The van der Waals surface area contributed by atoms with Gasteiger partial charge >= 0.3 is 0 Å². The summed E-state index contributed by atoms with van der Waals surface area (Å²) >= 11 is 0. The molecule has 1 unspecified atom stereocenters. The molecule has 4 rings (SSSR count). The number of hydrogen-bond acceptors (Lipinski definition) is 4. The second-order valence-electron chi connectivity index (χ2n) is 10.5. The Balaban J connectivity index is 1.44. The Morgan fingerprint density at radius 3 is 2.47 bits per heavy atom. The Labute approximate surface area is 207 Å². The van der Waals surface area contributed by atoms with Crippen molar-refractivity contribution in [1.82, 2.24) is 10.2 Å². The van der Waals surface area contributed by atoms with Gasteiger partial charge in [0.25, 0.3) is 0 Å². The van der Waals surface area contributed by atoms with Crippen LogP contribution < -0.4 is 10.1 Å². The van der Waals surface area contributed by atoms with Crippen LogP contribution in [-0.4, -0.2) is 50.3 Å². The fraction of sp³-hybridized carbons (Fsp3) is 0.600. The topological polar surface area (TPSA) is 33.7 Å². The van der Waals surface area contributed by atoms with Crippen molar-refractivity contribution in [3.8, 4) is 5.75 Å². The zero-order valence-corrected chi connectivity index (χ0v) is 21.8. The molecule has 2 aromatic rings. The summed E-state index contributed by atoms with van der Waals surface area (Å²) in [7, 11) is 2.02. The first-order chi connectivity index (χ1) is 16.5. The smallest absolute Gasteiger partial charge is 0.126 e. The van der Waals surface area contributed by atoms with Gasteiger partial charge in [0.15, 0.2) is 0 Å². The molecule has 0 saturated carbocycles. The summed E-state index contributed by atoms with van der Waals surface area (Å²) < 4.78 is 13.1. The van der Waals surface area contributed by atoms with Crippen LogP contribution in [0.2, 0.25) is 0 Å². The van der Waals surface area contributed by atoms with E-state index >= 15 is 0 Å². The Bertz CT molecular complexity index is 906. The standard InChI is InChI=1S/C30H44N2O2/c1-6-23(24-10-8-7-9-11-24)20-32-16-14-25(15-17-32)28-18-27-26(29(34-28)19-31-5)13-12-22(4)30(27)33-21(2)3/h7-13,21,23,25,28-29,31H,6,14-20H2,1-5H3/t23?,28-,29-/m0/s1. The SMILES string of the molecule is CCC(CN1CCC([C@@H]2Cc3c(ccc(C)c3OC(C)C)[C@H](CNC)O2)CC1)c1ccccc1. The number of nitrogens with one attached hydrogen (secondary N) is 1. The molecular weight excluding hydrogens is 420 g/mol. The van der Waals surface area contributed by atoms with Crippen molar-refractivity contribution in [3.05, 3.63) is 64.7 Å². The van der Waals surface area contributed by atoms with Crippen molar-refractivity contribution in [1.29, 1.82) is 0 Å². The molecule has 4 nitrogen and oxygen atoms in total. The number of nitrogens with zero attached hydrogens (tertiary/aromatic N) is 1. The monoisotopic (exact) mass is 464 g/mol. The zero-order valence-electron chi connectivity index (χ0n) is 21.8. The third-order valence-corrected chi connectivity index (χ3v) is 7.73. The Morgan fingerprint density at radius 1 is 1.09 bits per heavy atom. The van der Waals surface area contributed by atoms with Gasteiger partial charge < -0.3 is 19.7 Å². The van der Waals surface area contributed by atoms with Crippen molar-refractivity contribution in [2.24, 2.45) is 5.92 Å². The van der Waals surface area contributed by atoms with Crippen LogP contribution in [0.4, 0.5) is 0 Å². The van der Waals surface area contributed by atoms with Gasteiger partial charge in [0, 0.05) is 25.1 Å². The summed E-state index contributed by atoms with van der Waals surface area (Å²) in [6.07, 6.45) is 5.11. The van der Waals surface area contributed by atoms with Crippen LogP contribution in [0.3, 0.4) is 0 Å². The van der Waals surface area contributed by atoms with Crippen LogP contribution >= 0.6 is 0 Å². The summed E-state index contributed by atoms with van der Waals surface area (Å²) in [5.41, 5.74) is 5.39. The van der Waals surface area contributed by atoms with Crippen LogP contribution in [0.5, 0.6) is 5.75 Å². The third-order valence-electron chi connectivity index (χ3n) is 7.73. The van der Waals surface area contributed by atoms with Crippen molar-refractivity contribution in [3.63, 3.8) is 0 Å². The number of hydrogen-bond donors (Lipinski definition) is 1.